The summed E-state index contributed by atoms with van der Waals surface area (Å²) in [5.41, 5.74) is -2.91. The minimum absolute atomic E-state index is 0.433. The summed E-state index contributed by atoms with van der Waals surface area (Å²) in [6.07, 6.45) is -11.5. The number of carboxylic acid groups (broad SMARTS) is 1. The number of nitrogens with zero attached hydrogens (tertiary/aromatic N) is 1. The molecule has 0 aliphatic carbocycles. The second-order valence-corrected chi connectivity index (χ2v) is 3.75. The molecule has 1 N–H and O–H groups in total. The number of carbonyl (C=O) groups is 1. The van der Waals surface area contributed by atoms with Crippen LogP contribution in [0.2, 0.25) is 5.15 Å². The van der Waals surface area contributed by atoms with Crippen molar-refractivity contribution in [2.75, 3.05) is 0 Å². The van der Waals surface area contributed by atoms with Gasteiger partial charge in [0.2, 0.25) is 0 Å². The molecule has 1 aromatic rings. The van der Waals surface area contributed by atoms with Crippen LogP contribution in [-0.2, 0) is 17.4 Å². The average molecular weight is 324 g/mol. The first kappa shape index (κ1) is 16.3. The quantitative estimate of drug-likeness (QED) is 0.685. The molecule has 20 heavy (non-hydrogen) atoms. The van der Waals surface area contributed by atoms with Gasteiger partial charge < -0.3 is 9.84 Å². The number of aromatic nitrogens is 1. The lowest BCUT2D eigenvalue weighted by molar-refractivity contribution is -0.276. The van der Waals surface area contributed by atoms with Crippen molar-refractivity contribution in [1.29, 1.82) is 0 Å². The smallest absolute Gasteiger partial charge is 0.481 e. The van der Waals surface area contributed by atoms with Crippen LogP contribution in [0.1, 0.15) is 11.1 Å². The molecule has 1 aromatic heterocycles. The van der Waals surface area contributed by atoms with Gasteiger partial charge in [-0.05, 0) is 5.56 Å². The molecule has 0 saturated heterocycles. The molecule has 0 atom stereocenters. The number of carboxylic acids is 1. The van der Waals surface area contributed by atoms with Crippen molar-refractivity contribution in [3.8, 4) is 5.75 Å². The van der Waals surface area contributed by atoms with Gasteiger partial charge in [0.15, 0.2) is 10.9 Å². The highest BCUT2D eigenvalue weighted by molar-refractivity contribution is 6.31. The van der Waals surface area contributed by atoms with E-state index in [0.717, 1.165) is 0 Å². The fourth-order valence-electron chi connectivity index (χ4n) is 1.32. The molecule has 0 radical (unpaired) electrons. The van der Waals surface area contributed by atoms with Gasteiger partial charge in [0.05, 0.1) is 6.42 Å². The van der Waals surface area contributed by atoms with Crippen LogP contribution in [0.4, 0.5) is 26.3 Å². The van der Waals surface area contributed by atoms with Gasteiger partial charge >= 0.3 is 18.5 Å². The number of rotatable bonds is 3. The fraction of sp³-hybridized carbons (Fsp3) is 0.333. The highest BCUT2D eigenvalue weighted by Gasteiger charge is 2.43. The molecular weight excluding hydrogens is 320 g/mol. The molecule has 1 heterocycles. The molecule has 112 valence electrons. The van der Waals surface area contributed by atoms with Gasteiger partial charge in [0.25, 0.3) is 0 Å². The molecule has 0 aliphatic rings. The van der Waals surface area contributed by atoms with Crippen molar-refractivity contribution in [3.63, 3.8) is 0 Å². The Morgan fingerprint density at radius 3 is 2.25 bits per heavy atom. The van der Waals surface area contributed by atoms with Gasteiger partial charge in [-0.3, -0.25) is 4.79 Å². The summed E-state index contributed by atoms with van der Waals surface area (Å²) in [5, 5.41) is 7.28. The van der Waals surface area contributed by atoms with Crippen LogP contribution < -0.4 is 4.74 Å². The second kappa shape index (κ2) is 5.35. The summed E-state index contributed by atoms with van der Waals surface area (Å²) < 4.78 is 77.8. The standard InChI is InChI=1S/C9H4ClF6NO3/c10-7-6(20-9(14,15)16)5(8(11,12)13)3(2-17-7)1-4(18)19/h2H,1H2,(H,18,19). The number of halogens is 7. The summed E-state index contributed by atoms with van der Waals surface area (Å²) in [6.45, 7) is 0. The van der Waals surface area contributed by atoms with Gasteiger partial charge in [-0.25, -0.2) is 4.98 Å². The van der Waals surface area contributed by atoms with E-state index in [1.54, 1.807) is 0 Å². The van der Waals surface area contributed by atoms with E-state index in [-0.39, 0.29) is 0 Å². The van der Waals surface area contributed by atoms with Crippen molar-refractivity contribution in [2.45, 2.75) is 19.0 Å². The van der Waals surface area contributed by atoms with Crippen LogP contribution in [-0.4, -0.2) is 22.4 Å². The molecule has 1 rings (SSSR count). The lowest BCUT2D eigenvalue weighted by atomic mass is 10.1. The van der Waals surface area contributed by atoms with Crippen molar-refractivity contribution >= 4 is 17.6 Å². The van der Waals surface area contributed by atoms with E-state index in [0.29, 0.717) is 6.20 Å². The molecule has 0 aromatic carbocycles. The number of pyridine rings is 1. The van der Waals surface area contributed by atoms with Gasteiger partial charge in [0, 0.05) is 6.20 Å². The molecule has 0 fully saturated rings. The third-order valence-electron chi connectivity index (χ3n) is 1.91. The summed E-state index contributed by atoms with van der Waals surface area (Å²) >= 11 is 5.17. The normalized spacial score (nSPS) is 12.3. The third-order valence-corrected chi connectivity index (χ3v) is 2.18. The van der Waals surface area contributed by atoms with E-state index in [9.17, 15) is 31.1 Å². The Morgan fingerprint density at radius 1 is 1.30 bits per heavy atom. The van der Waals surface area contributed by atoms with E-state index >= 15 is 0 Å². The fourth-order valence-corrected chi connectivity index (χ4v) is 1.51. The zero-order chi connectivity index (χ0) is 15.7. The maximum Gasteiger partial charge on any atom is 0.573 e. The second-order valence-electron chi connectivity index (χ2n) is 3.39. The predicted molar refractivity (Wildman–Crippen MR) is 52.3 cm³/mol. The Kier molecular flexibility index (Phi) is 4.37. The van der Waals surface area contributed by atoms with E-state index in [4.69, 9.17) is 16.7 Å². The summed E-state index contributed by atoms with van der Waals surface area (Å²) in [5.74, 6) is -3.46. The van der Waals surface area contributed by atoms with E-state index in [1.165, 1.54) is 0 Å². The first-order valence-corrected chi connectivity index (χ1v) is 5.01. The zero-order valence-corrected chi connectivity index (χ0v) is 9.90. The summed E-state index contributed by atoms with van der Waals surface area (Å²) in [4.78, 5) is 13.5. The minimum Gasteiger partial charge on any atom is -0.481 e. The molecule has 0 bridgehead atoms. The number of hydrogen-bond donors (Lipinski definition) is 1. The number of aliphatic carboxylic acids is 1. The van der Waals surface area contributed by atoms with Crippen LogP contribution in [0.3, 0.4) is 0 Å². The molecule has 11 heteroatoms. The highest BCUT2D eigenvalue weighted by Crippen LogP contribution is 2.43. The maximum absolute atomic E-state index is 12.8. The van der Waals surface area contributed by atoms with Gasteiger partial charge in [-0.1, -0.05) is 11.6 Å². The van der Waals surface area contributed by atoms with Crippen LogP contribution in [0.15, 0.2) is 6.20 Å². The van der Waals surface area contributed by atoms with E-state index in [2.05, 4.69) is 9.72 Å². The van der Waals surface area contributed by atoms with Crippen molar-refractivity contribution < 1.29 is 41.0 Å². The number of ether oxygens (including phenoxy) is 1. The summed E-state index contributed by atoms with van der Waals surface area (Å²) in [6, 6.07) is 0. The van der Waals surface area contributed by atoms with Gasteiger partial charge in [-0.2, -0.15) is 13.2 Å². The van der Waals surface area contributed by atoms with Crippen LogP contribution in [0, 0.1) is 0 Å². The zero-order valence-electron chi connectivity index (χ0n) is 9.14. The van der Waals surface area contributed by atoms with Crippen LogP contribution in [0.25, 0.3) is 0 Å². The molecule has 0 spiro atoms. The number of alkyl halides is 6. The molecule has 0 unspecified atom stereocenters. The predicted octanol–water partition coefficient (Wildman–Crippen LogP) is 3.28. The first-order chi connectivity index (χ1) is 8.92. The lowest BCUT2D eigenvalue weighted by Crippen LogP contribution is -2.22. The molecule has 0 aliphatic heterocycles. The van der Waals surface area contributed by atoms with Crippen molar-refractivity contribution in [1.82, 2.24) is 4.98 Å². The molecule has 0 saturated carbocycles. The molecular formula is C9H4ClF6NO3. The first-order valence-electron chi connectivity index (χ1n) is 4.64. The van der Waals surface area contributed by atoms with E-state index in [1.807, 2.05) is 0 Å². The largest absolute Gasteiger partial charge is 0.573 e. The Labute approximate surface area is 111 Å². The van der Waals surface area contributed by atoms with Gasteiger partial charge in [-0.15, -0.1) is 13.2 Å². The maximum atomic E-state index is 12.8. The SMILES string of the molecule is O=C(O)Cc1cnc(Cl)c(OC(F)(F)F)c1C(F)(F)F. The Balaban J connectivity index is 3.50. The lowest BCUT2D eigenvalue weighted by Gasteiger charge is -2.18. The Hall–Kier alpha value is -1.71. The van der Waals surface area contributed by atoms with E-state index < -0.39 is 47.0 Å². The minimum atomic E-state index is -5.44. The van der Waals surface area contributed by atoms with Gasteiger partial charge in [0.1, 0.15) is 5.56 Å². The number of hydrogen-bond acceptors (Lipinski definition) is 3. The van der Waals surface area contributed by atoms with Crippen LogP contribution in [0.5, 0.6) is 5.75 Å². The van der Waals surface area contributed by atoms with Crippen LogP contribution >= 0.6 is 11.6 Å². The Bertz CT molecular complexity index is 528. The third kappa shape index (κ3) is 4.15. The highest BCUT2D eigenvalue weighted by atomic mass is 35.5. The average Bonchev–Trinajstić information content (AvgIpc) is 2.18. The van der Waals surface area contributed by atoms with Crippen molar-refractivity contribution in [3.05, 3.63) is 22.5 Å². The molecule has 4 nitrogen and oxygen atoms in total. The molecule has 0 amide bonds. The Morgan fingerprint density at radius 2 is 1.85 bits per heavy atom. The topological polar surface area (TPSA) is 59.4 Å². The summed E-state index contributed by atoms with van der Waals surface area (Å²) in [7, 11) is 0. The monoisotopic (exact) mass is 323 g/mol. The van der Waals surface area contributed by atoms with Crippen molar-refractivity contribution in [2.24, 2.45) is 0 Å².